The molecular formula is C17H18FN3O4. The average Bonchev–Trinajstić information content (AvgIpc) is 3.05. The quantitative estimate of drug-likeness (QED) is 0.767. The van der Waals surface area contributed by atoms with Crippen LogP contribution in [0, 0.1) is 5.82 Å². The number of carbonyl (C=O) groups excluding carboxylic acids is 1. The lowest BCUT2D eigenvalue weighted by atomic mass is 9.86. The number of nitrogens with zero attached hydrogens (tertiary/aromatic N) is 1. The fourth-order valence-corrected chi connectivity index (χ4v) is 2.91. The normalized spacial score (nSPS) is 16.4. The molecule has 0 unspecified atom stereocenters. The van der Waals surface area contributed by atoms with Gasteiger partial charge in [-0.15, -0.1) is 0 Å². The van der Waals surface area contributed by atoms with Gasteiger partial charge in [-0.25, -0.2) is 4.39 Å². The van der Waals surface area contributed by atoms with Crippen molar-refractivity contribution in [3.63, 3.8) is 0 Å². The number of hydrogen-bond acceptors (Lipinski definition) is 4. The first kappa shape index (κ1) is 17.1. The highest BCUT2D eigenvalue weighted by molar-refractivity contribution is 5.94. The van der Waals surface area contributed by atoms with Gasteiger partial charge < -0.3 is 15.2 Å². The third-order valence-corrected chi connectivity index (χ3v) is 4.28. The number of amides is 1. The number of hydrogen-bond donors (Lipinski definition) is 3. The van der Waals surface area contributed by atoms with Gasteiger partial charge in [-0.3, -0.25) is 14.7 Å². The van der Waals surface area contributed by atoms with E-state index in [1.165, 1.54) is 12.1 Å². The number of benzene rings is 1. The lowest BCUT2D eigenvalue weighted by Gasteiger charge is -2.36. The molecule has 0 bridgehead atoms. The molecule has 3 rings (SSSR count). The van der Waals surface area contributed by atoms with E-state index < -0.39 is 17.4 Å². The molecule has 1 aliphatic rings. The van der Waals surface area contributed by atoms with Crippen molar-refractivity contribution in [3.8, 4) is 11.3 Å². The first-order valence-corrected chi connectivity index (χ1v) is 7.91. The molecule has 7 nitrogen and oxygen atoms in total. The lowest BCUT2D eigenvalue weighted by Crippen LogP contribution is -2.53. The smallest absolute Gasteiger partial charge is 0.305 e. The second kappa shape index (κ2) is 7.02. The van der Waals surface area contributed by atoms with E-state index in [0.29, 0.717) is 37.3 Å². The Morgan fingerprint density at radius 3 is 2.60 bits per heavy atom. The van der Waals surface area contributed by atoms with Gasteiger partial charge in [0.2, 0.25) is 0 Å². The molecule has 0 saturated carbocycles. The zero-order chi connectivity index (χ0) is 17.9. The van der Waals surface area contributed by atoms with Gasteiger partial charge in [0.1, 0.15) is 11.5 Å². The summed E-state index contributed by atoms with van der Waals surface area (Å²) in [5.74, 6) is -1.75. The third kappa shape index (κ3) is 4.03. The molecule has 1 aromatic carbocycles. The highest BCUT2D eigenvalue weighted by Gasteiger charge is 2.37. The Balaban J connectivity index is 1.76. The standard InChI is InChI=1S/C17H18FN3O4/c18-12-3-1-11(2-4-12)13-9-14(21-20-13)16(24)19-17(10-15(22)23)5-7-25-8-6-17/h1-4,9H,5-8,10H2,(H,19,24)(H,20,21)(H,22,23). The second-order valence-electron chi connectivity index (χ2n) is 6.09. The summed E-state index contributed by atoms with van der Waals surface area (Å²) < 4.78 is 18.3. The van der Waals surface area contributed by atoms with Gasteiger partial charge in [-0.05, 0) is 43.2 Å². The number of carbonyl (C=O) groups is 2. The maximum atomic E-state index is 13.0. The number of aliphatic carboxylic acids is 1. The van der Waals surface area contributed by atoms with E-state index in [2.05, 4.69) is 15.5 Å². The van der Waals surface area contributed by atoms with Crippen LogP contribution in [0.1, 0.15) is 29.8 Å². The number of rotatable bonds is 5. The number of ether oxygens (including phenoxy) is 1. The molecule has 8 heteroatoms. The summed E-state index contributed by atoms with van der Waals surface area (Å²) in [6, 6.07) is 7.31. The molecule has 3 N–H and O–H groups in total. The second-order valence-corrected chi connectivity index (χ2v) is 6.09. The molecule has 1 fully saturated rings. The Labute approximate surface area is 143 Å². The molecule has 1 saturated heterocycles. The Hall–Kier alpha value is -2.74. The van der Waals surface area contributed by atoms with Crippen LogP contribution in [-0.4, -0.2) is 45.9 Å². The maximum absolute atomic E-state index is 13.0. The summed E-state index contributed by atoms with van der Waals surface area (Å²) in [7, 11) is 0. The zero-order valence-corrected chi connectivity index (χ0v) is 13.4. The van der Waals surface area contributed by atoms with Crippen molar-refractivity contribution < 1.29 is 23.8 Å². The van der Waals surface area contributed by atoms with E-state index in [1.807, 2.05) is 0 Å². The Bertz CT molecular complexity index is 766. The highest BCUT2D eigenvalue weighted by Crippen LogP contribution is 2.25. The van der Waals surface area contributed by atoms with Crippen LogP contribution in [0.15, 0.2) is 30.3 Å². The van der Waals surface area contributed by atoms with E-state index in [1.54, 1.807) is 18.2 Å². The molecule has 1 aliphatic heterocycles. The number of carboxylic acids is 1. The minimum absolute atomic E-state index is 0.166. The molecule has 0 radical (unpaired) electrons. The molecule has 1 aromatic heterocycles. The van der Waals surface area contributed by atoms with Crippen molar-refractivity contribution in [2.75, 3.05) is 13.2 Å². The molecule has 2 heterocycles. The van der Waals surface area contributed by atoms with Crippen LogP contribution in [0.5, 0.6) is 0 Å². The first-order chi connectivity index (χ1) is 12.0. The Kier molecular flexibility index (Phi) is 4.80. The van der Waals surface area contributed by atoms with Crippen molar-refractivity contribution in [1.82, 2.24) is 15.5 Å². The number of aromatic amines is 1. The molecule has 0 atom stereocenters. The highest BCUT2D eigenvalue weighted by atomic mass is 19.1. The van der Waals surface area contributed by atoms with Crippen LogP contribution in [0.25, 0.3) is 11.3 Å². The Morgan fingerprint density at radius 1 is 1.28 bits per heavy atom. The molecule has 132 valence electrons. The van der Waals surface area contributed by atoms with Gasteiger partial charge >= 0.3 is 5.97 Å². The van der Waals surface area contributed by atoms with Gasteiger partial charge in [0, 0.05) is 18.8 Å². The van der Waals surface area contributed by atoms with Gasteiger partial charge in [-0.1, -0.05) is 0 Å². The summed E-state index contributed by atoms with van der Waals surface area (Å²) in [4.78, 5) is 23.7. The van der Waals surface area contributed by atoms with Crippen LogP contribution in [0.4, 0.5) is 4.39 Å². The van der Waals surface area contributed by atoms with Gasteiger partial charge in [0.05, 0.1) is 17.7 Å². The number of halogens is 1. The van der Waals surface area contributed by atoms with Crippen LogP contribution in [0.2, 0.25) is 0 Å². The van der Waals surface area contributed by atoms with Crippen molar-refractivity contribution in [3.05, 3.63) is 41.8 Å². The molecule has 0 spiro atoms. The van der Waals surface area contributed by atoms with Crippen molar-refractivity contribution in [2.24, 2.45) is 0 Å². The third-order valence-electron chi connectivity index (χ3n) is 4.28. The minimum Gasteiger partial charge on any atom is -0.481 e. The summed E-state index contributed by atoms with van der Waals surface area (Å²) in [6.07, 6.45) is 0.703. The summed E-state index contributed by atoms with van der Waals surface area (Å²) in [5.41, 5.74) is 0.561. The van der Waals surface area contributed by atoms with Crippen LogP contribution < -0.4 is 5.32 Å². The fourth-order valence-electron chi connectivity index (χ4n) is 2.91. The molecule has 0 aliphatic carbocycles. The van der Waals surface area contributed by atoms with Crippen LogP contribution in [-0.2, 0) is 9.53 Å². The number of carboxylic acid groups (broad SMARTS) is 1. The maximum Gasteiger partial charge on any atom is 0.305 e. The molecule has 1 amide bonds. The topological polar surface area (TPSA) is 104 Å². The number of aromatic nitrogens is 2. The number of H-pyrrole nitrogens is 1. The van der Waals surface area contributed by atoms with Crippen LogP contribution in [0.3, 0.4) is 0 Å². The summed E-state index contributed by atoms with van der Waals surface area (Å²) in [6.45, 7) is 0.800. The SMILES string of the molecule is O=C(O)CC1(NC(=O)c2cc(-c3ccc(F)cc3)n[nH]2)CCOCC1. The van der Waals surface area contributed by atoms with Crippen molar-refractivity contribution >= 4 is 11.9 Å². The fraction of sp³-hybridized carbons (Fsp3) is 0.353. The first-order valence-electron chi connectivity index (χ1n) is 7.91. The predicted octanol–water partition coefficient (Wildman–Crippen LogP) is 1.97. The van der Waals surface area contributed by atoms with E-state index in [-0.39, 0.29) is 17.9 Å². The molecule has 2 aromatic rings. The summed E-state index contributed by atoms with van der Waals surface area (Å²) in [5, 5.41) is 18.7. The van der Waals surface area contributed by atoms with E-state index in [9.17, 15) is 14.0 Å². The zero-order valence-electron chi connectivity index (χ0n) is 13.4. The van der Waals surface area contributed by atoms with Gasteiger partial charge in [0.15, 0.2) is 0 Å². The molecular weight excluding hydrogens is 329 g/mol. The number of nitrogens with one attached hydrogen (secondary N) is 2. The van der Waals surface area contributed by atoms with Crippen molar-refractivity contribution in [2.45, 2.75) is 24.8 Å². The largest absolute Gasteiger partial charge is 0.481 e. The van der Waals surface area contributed by atoms with Crippen LogP contribution >= 0.6 is 0 Å². The monoisotopic (exact) mass is 347 g/mol. The van der Waals surface area contributed by atoms with E-state index in [0.717, 1.165) is 0 Å². The predicted molar refractivity (Wildman–Crippen MR) is 86.5 cm³/mol. The minimum atomic E-state index is -0.973. The van der Waals surface area contributed by atoms with Gasteiger partial charge in [0.25, 0.3) is 5.91 Å². The average molecular weight is 347 g/mol. The Morgan fingerprint density at radius 2 is 1.96 bits per heavy atom. The van der Waals surface area contributed by atoms with E-state index in [4.69, 9.17) is 9.84 Å². The lowest BCUT2D eigenvalue weighted by molar-refractivity contribution is -0.139. The molecule has 25 heavy (non-hydrogen) atoms. The summed E-state index contributed by atoms with van der Waals surface area (Å²) >= 11 is 0. The van der Waals surface area contributed by atoms with Crippen molar-refractivity contribution in [1.29, 1.82) is 0 Å². The van der Waals surface area contributed by atoms with E-state index >= 15 is 0 Å². The van der Waals surface area contributed by atoms with Gasteiger partial charge in [-0.2, -0.15) is 5.10 Å².